The molecule has 1 aliphatic heterocycles. The van der Waals surface area contributed by atoms with Crippen LogP contribution in [0.5, 0.6) is 0 Å². The Kier molecular flexibility index (Phi) is 5.50. The lowest BCUT2D eigenvalue weighted by Gasteiger charge is -2.36. The summed E-state index contributed by atoms with van der Waals surface area (Å²) in [7, 11) is 0. The van der Waals surface area contributed by atoms with Crippen LogP contribution in [0, 0.1) is 5.82 Å². The fourth-order valence-corrected chi connectivity index (χ4v) is 4.86. The topological polar surface area (TPSA) is 81.5 Å². The highest BCUT2D eigenvalue weighted by molar-refractivity contribution is 5.91. The first-order valence-electron chi connectivity index (χ1n) is 10.9. The number of nitrogens with one attached hydrogen (secondary N) is 1. The standard InChI is InChI=1S/C22H25FN6O2/c23-17-9-7-16(8-10-17)20(21-24-25-26-29(21)18-4-1-2-5-18)27-11-13-28(14-12-27)22(30)19-6-3-15-31-19/h3,6-10,15,18,20H,1-2,4-5,11-14H2/p+1/t20-/m1/s1. The molecule has 5 rings (SSSR count). The van der Waals surface area contributed by atoms with Crippen molar-refractivity contribution in [2.45, 2.75) is 37.8 Å². The van der Waals surface area contributed by atoms with E-state index in [-0.39, 0.29) is 17.8 Å². The van der Waals surface area contributed by atoms with E-state index in [2.05, 4.69) is 15.5 Å². The lowest BCUT2D eigenvalue weighted by Crippen LogP contribution is -3.15. The molecule has 9 heteroatoms. The number of quaternary nitrogens is 1. The summed E-state index contributed by atoms with van der Waals surface area (Å²) < 4.78 is 20.9. The number of carbonyl (C=O) groups excluding carboxylic acids is 1. The van der Waals surface area contributed by atoms with Gasteiger partial charge in [-0.3, -0.25) is 4.79 Å². The summed E-state index contributed by atoms with van der Waals surface area (Å²) in [5, 5.41) is 12.7. The van der Waals surface area contributed by atoms with Gasteiger partial charge < -0.3 is 14.2 Å². The van der Waals surface area contributed by atoms with Crippen molar-refractivity contribution < 1.29 is 18.5 Å². The maximum absolute atomic E-state index is 13.6. The molecule has 1 N–H and O–H groups in total. The molecule has 3 heterocycles. The number of hydrogen-bond acceptors (Lipinski definition) is 5. The zero-order valence-corrected chi connectivity index (χ0v) is 17.3. The minimum absolute atomic E-state index is 0.0850. The molecule has 1 saturated carbocycles. The number of aromatic nitrogens is 4. The molecule has 1 atom stereocenters. The van der Waals surface area contributed by atoms with Gasteiger partial charge in [-0.05, 0) is 59.7 Å². The number of benzene rings is 1. The highest BCUT2D eigenvalue weighted by Gasteiger charge is 2.37. The molecule has 0 unspecified atom stereocenters. The molecular formula is C22H26FN6O2+. The van der Waals surface area contributed by atoms with Gasteiger partial charge >= 0.3 is 0 Å². The third-order valence-electron chi connectivity index (χ3n) is 6.48. The van der Waals surface area contributed by atoms with Crippen molar-refractivity contribution in [3.8, 4) is 0 Å². The van der Waals surface area contributed by atoms with Crippen LogP contribution in [0.15, 0.2) is 47.1 Å². The summed E-state index contributed by atoms with van der Waals surface area (Å²) >= 11 is 0. The highest BCUT2D eigenvalue weighted by Crippen LogP contribution is 2.31. The van der Waals surface area contributed by atoms with Gasteiger partial charge in [-0.2, -0.15) is 0 Å². The molecule has 1 aromatic carbocycles. The first-order valence-corrected chi connectivity index (χ1v) is 10.9. The average molecular weight is 425 g/mol. The Morgan fingerprint density at radius 1 is 1.13 bits per heavy atom. The first-order chi connectivity index (χ1) is 15.2. The maximum atomic E-state index is 13.6. The van der Waals surface area contributed by atoms with Gasteiger partial charge in [0.2, 0.25) is 5.82 Å². The molecule has 31 heavy (non-hydrogen) atoms. The van der Waals surface area contributed by atoms with Crippen molar-refractivity contribution >= 4 is 5.91 Å². The van der Waals surface area contributed by atoms with Crippen LogP contribution in [0.1, 0.15) is 59.7 Å². The Labute approximate surface area is 179 Å². The molecule has 1 aliphatic carbocycles. The summed E-state index contributed by atoms with van der Waals surface area (Å²) in [6, 6.07) is 10.2. The van der Waals surface area contributed by atoms with Gasteiger partial charge in [0.1, 0.15) is 5.82 Å². The molecule has 0 bridgehead atoms. The van der Waals surface area contributed by atoms with Crippen molar-refractivity contribution in [2.24, 2.45) is 0 Å². The predicted molar refractivity (Wildman–Crippen MR) is 109 cm³/mol. The van der Waals surface area contributed by atoms with Crippen LogP contribution in [-0.2, 0) is 0 Å². The Morgan fingerprint density at radius 3 is 2.55 bits per heavy atom. The molecule has 2 aromatic heterocycles. The van der Waals surface area contributed by atoms with E-state index in [9.17, 15) is 9.18 Å². The summed E-state index contributed by atoms with van der Waals surface area (Å²) in [5.41, 5.74) is 0.983. The summed E-state index contributed by atoms with van der Waals surface area (Å²) in [6.45, 7) is 2.70. The van der Waals surface area contributed by atoms with Crippen molar-refractivity contribution in [2.75, 3.05) is 26.2 Å². The van der Waals surface area contributed by atoms with E-state index in [0.717, 1.165) is 37.3 Å². The van der Waals surface area contributed by atoms with Crippen molar-refractivity contribution in [3.05, 3.63) is 65.6 Å². The van der Waals surface area contributed by atoms with Crippen LogP contribution < -0.4 is 4.90 Å². The van der Waals surface area contributed by atoms with Crippen LogP contribution >= 0.6 is 0 Å². The number of hydrogen-bond donors (Lipinski definition) is 1. The molecule has 2 fully saturated rings. The van der Waals surface area contributed by atoms with Gasteiger partial charge in [-0.15, -0.1) is 5.10 Å². The monoisotopic (exact) mass is 425 g/mol. The maximum Gasteiger partial charge on any atom is 0.289 e. The Morgan fingerprint density at radius 2 is 1.87 bits per heavy atom. The minimum Gasteiger partial charge on any atom is -0.459 e. The van der Waals surface area contributed by atoms with Crippen LogP contribution in [-0.4, -0.2) is 57.2 Å². The number of carbonyl (C=O) groups is 1. The second kappa shape index (κ2) is 8.58. The highest BCUT2D eigenvalue weighted by atomic mass is 19.1. The van der Waals surface area contributed by atoms with E-state index in [1.165, 1.54) is 36.1 Å². The van der Waals surface area contributed by atoms with Gasteiger partial charge in [-0.1, -0.05) is 12.8 Å². The molecular weight excluding hydrogens is 399 g/mol. The molecule has 8 nitrogen and oxygen atoms in total. The van der Waals surface area contributed by atoms with Crippen molar-refractivity contribution in [1.82, 2.24) is 25.1 Å². The number of tetrazole rings is 1. The van der Waals surface area contributed by atoms with Crippen LogP contribution in [0.2, 0.25) is 0 Å². The smallest absolute Gasteiger partial charge is 0.289 e. The summed E-state index contributed by atoms with van der Waals surface area (Å²) in [5.74, 6) is 0.836. The number of halogens is 1. The van der Waals surface area contributed by atoms with Crippen LogP contribution in [0.3, 0.4) is 0 Å². The van der Waals surface area contributed by atoms with E-state index in [0.29, 0.717) is 24.9 Å². The molecule has 0 radical (unpaired) electrons. The molecule has 2 aliphatic rings. The third kappa shape index (κ3) is 3.97. The lowest BCUT2D eigenvalue weighted by atomic mass is 10.0. The molecule has 162 valence electrons. The Balaban J connectivity index is 1.40. The van der Waals surface area contributed by atoms with Crippen molar-refractivity contribution in [3.63, 3.8) is 0 Å². The molecule has 1 saturated heterocycles. The number of furan rings is 1. The second-order valence-corrected chi connectivity index (χ2v) is 8.33. The quantitative estimate of drug-likeness (QED) is 0.672. The molecule has 0 spiro atoms. The fourth-order valence-electron chi connectivity index (χ4n) is 4.86. The zero-order chi connectivity index (χ0) is 21.2. The third-order valence-corrected chi connectivity index (χ3v) is 6.48. The molecule has 3 aromatic rings. The lowest BCUT2D eigenvalue weighted by molar-refractivity contribution is -0.930. The Hall–Kier alpha value is -3.07. The summed E-state index contributed by atoms with van der Waals surface area (Å²) in [4.78, 5) is 15.7. The SMILES string of the molecule is O=C(c1ccco1)N1CC[NH+]([C@H](c2ccc(F)cc2)c2nnnn2C2CCCC2)CC1. The predicted octanol–water partition coefficient (Wildman–Crippen LogP) is 1.65. The van der Waals surface area contributed by atoms with Gasteiger partial charge in [0, 0.05) is 5.56 Å². The van der Waals surface area contributed by atoms with E-state index in [1.807, 2.05) is 21.7 Å². The zero-order valence-electron chi connectivity index (χ0n) is 17.3. The molecule has 1 amide bonds. The van der Waals surface area contributed by atoms with Gasteiger partial charge in [0.05, 0.1) is 38.5 Å². The average Bonchev–Trinajstić information content (AvgIpc) is 3.57. The van der Waals surface area contributed by atoms with E-state index >= 15 is 0 Å². The fraction of sp³-hybridized carbons (Fsp3) is 0.455. The number of rotatable bonds is 5. The normalized spacial score (nSPS) is 19.1. The number of piperazine rings is 1. The van der Waals surface area contributed by atoms with Gasteiger partial charge in [0.25, 0.3) is 5.91 Å². The number of nitrogens with zero attached hydrogens (tertiary/aromatic N) is 5. The first kappa shape index (κ1) is 19.9. The minimum atomic E-state index is -0.262. The van der Waals surface area contributed by atoms with E-state index in [1.54, 1.807) is 12.1 Å². The van der Waals surface area contributed by atoms with E-state index < -0.39 is 0 Å². The van der Waals surface area contributed by atoms with E-state index in [4.69, 9.17) is 4.42 Å². The Bertz CT molecular complexity index is 1010. The van der Waals surface area contributed by atoms with Gasteiger partial charge in [0.15, 0.2) is 11.8 Å². The largest absolute Gasteiger partial charge is 0.459 e. The number of amides is 1. The summed E-state index contributed by atoms with van der Waals surface area (Å²) in [6.07, 6.45) is 6.04. The van der Waals surface area contributed by atoms with Crippen LogP contribution in [0.25, 0.3) is 0 Å². The van der Waals surface area contributed by atoms with Crippen molar-refractivity contribution in [1.29, 1.82) is 0 Å². The van der Waals surface area contributed by atoms with Crippen LogP contribution in [0.4, 0.5) is 4.39 Å². The second-order valence-electron chi connectivity index (χ2n) is 8.33. The van der Waals surface area contributed by atoms with Gasteiger partial charge in [-0.25, -0.2) is 9.07 Å².